The van der Waals surface area contributed by atoms with Crippen molar-refractivity contribution in [2.24, 2.45) is 5.92 Å². The number of rotatable bonds is 2. The van der Waals surface area contributed by atoms with Gasteiger partial charge in [-0.05, 0) is 49.6 Å². The monoisotopic (exact) mass is 292 g/mol. The first kappa shape index (κ1) is 14.5. The molecule has 114 valence electrons. The van der Waals surface area contributed by atoms with Gasteiger partial charge in [-0.1, -0.05) is 6.07 Å². The van der Waals surface area contributed by atoms with Crippen LogP contribution in [0.1, 0.15) is 29.9 Å². The summed E-state index contributed by atoms with van der Waals surface area (Å²) in [6.45, 7) is 4.12. The van der Waals surface area contributed by atoms with Gasteiger partial charge in [-0.3, -0.25) is 4.79 Å². The number of nitrogens with one attached hydrogen (secondary N) is 2. The molecule has 1 aromatic rings. The summed E-state index contributed by atoms with van der Waals surface area (Å²) in [4.78, 5) is 11.3. The molecule has 5 heteroatoms. The van der Waals surface area contributed by atoms with Crippen LogP contribution < -0.4 is 10.6 Å². The van der Waals surface area contributed by atoms with E-state index in [2.05, 4.69) is 10.6 Å². The van der Waals surface area contributed by atoms with Gasteiger partial charge < -0.3 is 15.7 Å². The fourth-order valence-corrected chi connectivity index (χ4v) is 3.91. The molecule has 0 amide bonds. The number of hydrogen-bond acceptors (Lipinski definition) is 3. The van der Waals surface area contributed by atoms with E-state index >= 15 is 0 Å². The van der Waals surface area contributed by atoms with Crippen LogP contribution in [0, 0.1) is 18.7 Å². The van der Waals surface area contributed by atoms with Gasteiger partial charge >= 0.3 is 5.97 Å². The van der Waals surface area contributed by atoms with Gasteiger partial charge in [-0.15, -0.1) is 0 Å². The molecule has 2 aliphatic heterocycles. The fourth-order valence-electron chi connectivity index (χ4n) is 3.91. The van der Waals surface area contributed by atoms with Crippen molar-refractivity contribution in [3.63, 3.8) is 0 Å². The van der Waals surface area contributed by atoms with Gasteiger partial charge in [-0.25, -0.2) is 4.39 Å². The molecule has 0 aliphatic carbocycles. The third-order valence-electron chi connectivity index (χ3n) is 5.03. The Balaban J connectivity index is 1.93. The van der Waals surface area contributed by atoms with E-state index in [1.807, 2.05) is 13.0 Å². The first-order valence-corrected chi connectivity index (χ1v) is 7.46. The maximum absolute atomic E-state index is 13.3. The number of carbonyl (C=O) groups is 1. The molecule has 4 nitrogen and oxygen atoms in total. The second-order valence-corrected chi connectivity index (χ2v) is 6.28. The number of hydrogen-bond donors (Lipinski definition) is 3. The van der Waals surface area contributed by atoms with Crippen molar-refractivity contribution < 1.29 is 14.3 Å². The number of carboxylic acid groups (broad SMARTS) is 1. The Labute approximate surface area is 123 Å². The summed E-state index contributed by atoms with van der Waals surface area (Å²) in [6.07, 6.45) is 1.55. The van der Waals surface area contributed by atoms with Crippen molar-refractivity contribution in [1.82, 2.24) is 10.6 Å². The number of aryl methyl sites for hydroxylation is 1. The summed E-state index contributed by atoms with van der Waals surface area (Å²) < 4.78 is 13.3. The molecule has 3 unspecified atom stereocenters. The number of benzene rings is 1. The summed E-state index contributed by atoms with van der Waals surface area (Å²) >= 11 is 0. The third kappa shape index (κ3) is 2.56. The second-order valence-electron chi connectivity index (χ2n) is 6.28. The lowest BCUT2D eigenvalue weighted by molar-refractivity contribution is -0.141. The number of piperidine rings is 1. The zero-order valence-electron chi connectivity index (χ0n) is 12.2. The minimum Gasteiger partial charge on any atom is -0.481 e. The van der Waals surface area contributed by atoms with Crippen molar-refractivity contribution in [3.8, 4) is 0 Å². The van der Waals surface area contributed by atoms with E-state index in [1.165, 1.54) is 6.07 Å². The van der Waals surface area contributed by atoms with Crippen LogP contribution in [-0.4, -0.2) is 36.2 Å². The Morgan fingerprint density at radius 1 is 1.43 bits per heavy atom. The van der Waals surface area contributed by atoms with E-state index < -0.39 is 5.97 Å². The Hall–Kier alpha value is -1.46. The van der Waals surface area contributed by atoms with E-state index in [0.29, 0.717) is 13.0 Å². The average Bonchev–Trinajstić information content (AvgIpc) is 2.85. The first-order chi connectivity index (χ1) is 10.0. The molecule has 0 radical (unpaired) electrons. The molecule has 1 aromatic carbocycles. The molecular formula is C16H21FN2O2. The van der Waals surface area contributed by atoms with Gasteiger partial charge in [0.2, 0.25) is 0 Å². The summed E-state index contributed by atoms with van der Waals surface area (Å²) in [6, 6.07) is 4.90. The van der Waals surface area contributed by atoms with Crippen molar-refractivity contribution in [3.05, 3.63) is 35.1 Å². The molecule has 2 heterocycles. The lowest BCUT2D eigenvalue weighted by Gasteiger charge is -2.43. The van der Waals surface area contributed by atoms with Crippen molar-refractivity contribution in [1.29, 1.82) is 0 Å². The molecular weight excluding hydrogens is 271 g/mol. The highest BCUT2D eigenvalue weighted by atomic mass is 19.1. The minimum atomic E-state index is -0.729. The van der Waals surface area contributed by atoms with Crippen LogP contribution in [0.15, 0.2) is 18.2 Å². The molecule has 2 fully saturated rings. The average molecular weight is 292 g/mol. The highest BCUT2D eigenvalue weighted by Gasteiger charge is 2.48. The Morgan fingerprint density at radius 3 is 2.90 bits per heavy atom. The van der Waals surface area contributed by atoms with E-state index in [9.17, 15) is 14.3 Å². The van der Waals surface area contributed by atoms with Crippen LogP contribution in [-0.2, 0) is 4.79 Å². The van der Waals surface area contributed by atoms with Gasteiger partial charge in [0.15, 0.2) is 0 Å². The first-order valence-electron chi connectivity index (χ1n) is 7.46. The zero-order chi connectivity index (χ0) is 15.0. The van der Waals surface area contributed by atoms with Crippen LogP contribution in [0.4, 0.5) is 4.39 Å². The highest BCUT2D eigenvalue weighted by Crippen LogP contribution is 2.42. The number of carboxylic acids is 1. The summed E-state index contributed by atoms with van der Waals surface area (Å²) in [5.41, 5.74) is 1.86. The SMILES string of the molecule is Cc1cc(F)ccc1C1CNCCC12CC(C(=O)O)CN2. The minimum absolute atomic E-state index is 0.177. The quantitative estimate of drug-likeness (QED) is 0.775. The van der Waals surface area contributed by atoms with Gasteiger partial charge in [0.1, 0.15) is 5.82 Å². The van der Waals surface area contributed by atoms with E-state index in [0.717, 1.165) is 30.6 Å². The lowest BCUT2D eigenvalue weighted by atomic mass is 9.71. The zero-order valence-corrected chi connectivity index (χ0v) is 12.2. The fraction of sp³-hybridized carbons (Fsp3) is 0.562. The predicted molar refractivity (Wildman–Crippen MR) is 77.8 cm³/mol. The Bertz CT molecular complexity index is 563. The van der Waals surface area contributed by atoms with Crippen LogP contribution in [0.2, 0.25) is 0 Å². The molecule has 3 rings (SSSR count). The molecule has 0 bridgehead atoms. The van der Waals surface area contributed by atoms with Crippen LogP contribution >= 0.6 is 0 Å². The maximum atomic E-state index is 13.3. The summed E-state index contributed by atoms with van der Waals surface area (Å²) in [7, 11) is 0. The molecule has 3 N–H and O–H groups in total. The molecule has 3 atom stereocenters. The Kier molecular flexibility index (Phi) is 3.71. The largest absolute Gasteiger partial charge is 0.481 e. The topological polar surface area (TPSA) is 61.4 Å². The van der Waals surface area contributed by atoms with Crippen molar-refractivity contribution in [2.75, 3.05) is 19.6 Å². The highest BCUT2D eigenvalue weighted by molar-refractivity contribution is 5.71. The van der Waals surface area contributed by atoms with Crippen LogP contribution in [0.25, 0.3) is 0 Å². The molecule has 0 aromatic heterocycles. The molecule has 2 saturated heterocycles. The third-order valence-corrected chi connectivity index (χ3v) is 5.03. The molecule has 0 saturated carbocycles. The normalized spacial score (nSPS) is 32.5. The predicted octanol–water partition coefficient (Wildman–Crippen LogP) is 1.64. The van der Waals surface area contributed by atoms with E-state index in [-0.39, 0.29) is 23.2 Å². The molecule has 2 aliphatic rings. The van der Waals surface area contributed by atoms with Gasteiger partial charge in [0.05, 0.1) is 5.92 Å². The van der Waals surface area contributed by atoms with Crippen LogP contribution in [0.5, 0.6) is 0 Å². The maximum Gasteiger partial charge on any atom is 0.307 e. The molecule has 1 spiro atoms. The lowest BCUT2D eigenvalue weighted by Crippen LogP contribution is -2.54. The van der Waals surface area contributed by atoms with Crippen molar-refractivity contribution >= 4 is 5.97 Å². The molecule has 21 heavy (non-hydrogen) atoms. The van der Waals surface area contributed by atoms with Gasteiger partial charge in [0, 0.05) is 24.5 Å². The van der Waals surface area contributed by atoms with E-state index in [1.54, 1.807) is 6.07 Å². The standard InChI is InChI=1S/C16H21FN2O2/c1-10-6-12(17)2-3-13(10)14-9-18-5-4-16(14)7-11(8-19-16)15(20)21/h2-3,6,11,14,18-19H,4-5,7-9H2,1H3,(H,20,21). The summed E-state index contributed by atoms with van der Waals surface area (Å²) in [5.74, 6) is -1.10. The number of halogens is 1. The number of aliphatic carboxylic acids is 1. The second kappa shape index (κ2) is 5.39. The Morgan fingerprint density at radius 2 is 2.24 bits per heavy atom. The van der Waals surface area contributed by atoms with Gasteiger partial charge in [-0.2, -0.15) is 0 Å². The summed E-state index contributed by atoms with van der Waals surface area (Å²) in [5, 5.41) is 16.1. The van der Waals surface area contributed by atoms with E-state index in [4.69, 9.17) is 0 Å². The van der Waals surface area contributed by atoms with Gasteiger partial charge in [0.25, 0.3) is 0 Å². The smallest absolute Gasteiger partial charge is 0.307 e. The van der Waals surface area contributed by atoms with Crippen LogP contribution in [0.3, 0.4) is 0 Å². The van der Waals surface area contributed by atoms with Crippen molar-refractivity contribution in [2.45, 2.75) is 31.2 Å².